The van der Waals surface area contributed by atoms with E-state index in [0.717, 1.165) is 23.6 Å². The number of methoxy groups -OCH3 is 1. The van der Waals surface area contributed by atoms with Crippen molar-refractivity contribution in [2.45, 2.75) is 26.9 Å². The number of carbonyl (C=O) groups is 1. The number of nitrogens with one attached hydrogen (secondary N) is 2. The average molecular weight is 501 g/mol. The number of furan rings is 1. The van der Waals surface area contributed by atoms with E-state index in [2.05, 4.69) is 15.6 Å². The van der Waals surface area contributed by atoms with Crippen molar-refractivity contribution in [3.05, 3.63) is 46.9 Å². The zero-order valence-corrected chi connectivity index (χ0v) is 18.4. The van der Waals surface area contributed by atoms with Crippen molar-refractivity contribution in [1.29, 1.82) is 0 Å². The van der Waals surface area contributed by atoms with Crippen LogP contribution in [0, 0.1) is 6.92 Å². The average Bonchev–Trinajstić information content (AvgIpc) is 3.29. The molecule has 1 aromatic carbocycles. The maximum atomic E-state index is 11.7. The number of aliphatic imine (C=N–C) groups is 1. The number of halogens is 1. The van der Waals surface area contributed by atoms with Gasteiger partial charge >= 0.3 is 5.97 Å². The van der Waals surface area contributed by atoms with Crippen molar-refractivity contribution in [2.24, 2.45) is 4.99 Å². The molecule has 0 saturated carbocycles. The number of esters is 1. The third kappa shape index (κ3) is 5.31. The van der Waals surface area contributed by atoms with Crippen LogP contribution in [-0.2, 0) is 17.8 Å². The van der Waals surface area contributed by atoms with E-state index in [9.17, 15) is 4.79 Å². The Morgan fingerprint density at radius 1 is 1.21 bits per heavy atom. The number of guanidine groups is 1. The van der Waals surface area contributed by atoms with E-state index >= 15 is 0 Å². The van der Waals surface area contributed by atoms with Crippen molar-refractivity contribution in [2.75, 3.05) is 20.4 Å². The maximum Gasteiger partial charge on any atom is 0.341 e. The second-order valence-electron chi connectivity index (χ2n) is 5.91. The first-order chi connectivity index (χ1) is 13.1. The molecular weight excluding hydrogens is 477 g/mol. The summed E-state index contributed by atoms with van der Waals surface area (Å²) in [5.74, 6) is 2.88. The largest absolute Gasteiger partial charge is 0.465 e. The molecule has 9 heteroatoms. The predicted octanol–water partition coefficient (Wildman–Crippen LogP) is 2.98. The smallest absolute Gasteiger partial charge is 0.341 e. The molecule has 3 rings (SSSR count). The Bertz CT molecular complexity index is 850. The molecule has 1 aromatic heterocycles. The van der Waals surface area contributed by atoms with Gasteiger partial charge in [0, 0.05) is 6.54 Å². The zero-order valence-electron chi connectivity index (χ0n) is 16.0. The summed E-state index contributed by atoms with van der Waals surface area (Å²) in [6, 6.07) is 7.44. The highest BCUT2D eigenvalue weighted by atomic mass is 127. The molecule has 0 amide bonds. The number of carbonyl (C=O) groups excluding carboxylic acids is 1. The van der Waals surface area contributed by atoms with E-state index in [1.807, 2.05) is 25.1 Å². The standard InChI is InChI=1S/C19H23N3O5.HI/c1-4-20-19(21-9-13-5-6-16-17(7-13)26-11-25-16)22-10-14-8-15(12(2)27-14)18(23)24-3;/h5-8H,4,9-11H2,1-3H3,(H2,20,21,22);1H. The highest BCUT2D eigenvalue weighted by Gasteiger charge is 2.16. The van der Waals surface area contributed by atoms with Crippen molar-refractivity contribution in [3.8, 4) is 11.5 Å². The molecule has 0 unspecified atom stereocenters. The Balaban J connectivity index is 0.00000280. The van der Waals surface area contributed by atoms with Gasteiger partial charge in [-0.3, -0.25) is 0 Å². The van der Waals surface area contributed by atoms with Gasteiger partial charge in [0.05, 0.1) is 20.2 Å². The van der Waals surface area contributed by atoms with Gasteiger partial charge in [0.15, 0.2) is 17.5 Å². The summed E-state index contributed by atoms with van der Waals surface area (Å²) in [6.45, 7) is 5.57. The number of benzene rings is 1. The Labute approximate surface area is 180 Å². The summed E-state index contributed by atoms with van der Waals surface area (Å²) in [5.41, 5.74) is 1.44. The Morgan fingerprint density at radius 3 is 2.75 bits per heavy atom. The fourth-order valence-corrected chi connectivity index (χ4v) is 2.67. The monoisotopic (exact) mass is 501 g/mol. The van der Waals surface area contributed by atoms with E-state index in [-0.39, 0.29) is 30.8 Å². The molecule has 152 valence electrons. The third-order valence-electron chi connectivity index (χ3n) is 4.01. The zero-order chi connectivity index (χ0) is 19.2. The molecule has 0 bridgehead atoms. The second kappa shape index (κ2) is 10.2. The first kappa shape index (κ1) is 21.9. The molecule has 0 radical (unpaired) electrons. The first-order valence-corrected chi connectivity index (χ1v) is 8.69. The van der Waals surface area contributed by atoms with E-state index in [4.69, 9.17) is 18.6 Å². The van der Waals surface area contributed by atoms with Gasteiger partial charge in [-0.1, -0.05) is 6.07 Å². The molecule has 2 N–H and O–H groups in total. The molecule has 0 aliphatic carbocycles. The Hall–Kier alpha value is -2.43. The lowest BCUT2D eigenvalue weighted by atomic mass is 10.2. The van der Waals surface area contributed by atoms with Crippen LogP contribution in [0.25, 0.3) is 0 Å². The number of ether oxygens (including phenoxy) is 3. The van der Waals surface area contributed by atoms with Crippen LogP contribution in [0.1, 0.15) is 34.4 Å². The summed E-state index contributed by atoms with van der Waals surface area (Å²) in [6.07, 6.45) is 0. The SMILES string of the molecule is CCNC(=NCc1ccc2c(c1)OCO2)NCc1cc(C(=O)OC)c(C)o1.I. The summed E-state index contributed by atoms with van der Waals surface area (Å²) in [4.78, 5) is 16.2. The summed E-state index contributed by atoms with van der Waals surface area (Å²) in [7, 11) is 1.35. The predicted molar refractivity (Wildman–Crippen MR) is 114 cm³/mol. The normalized spacial score (nSPS) is 12.3. The lowest BCUT2D eigenvalue weighted by Crippen LogP contribution is -2.36. The minimum absolute atomic E-state index is 0. The van der Waals surface area contributed by atoms with E-state index < -0.39 is 5.97 Å². The molecule has 0 atom stereocenters. The van der Waals surface area contributed by atoms with E-state index in [1.165, 1.54) is 7.11 Å². The van der Waals surface area contributed by atoms with Crippen LogP contribution in [0.4, 0.5) is 0 Å². The number of fused-ring (bicyclic) bond motifs is 1. The first-order valence-electron chi connectivity index (χ1n) is 8.69. The van der Waals surface area contributed by atoms with Gasteiger partial charge in [0.2, 0.25) is 6.79 Å². The van der Waals surface area contributed by atoms with Crippen molar-refractivity contribution in [3.63, 3.8) is 0 Å². The molecule has 2 aromatic rings. The minimum Gasteiger partial charge on any atom is -0.465 e. The number of hydrogen-bond donors (Lipinski definition) is 2. The number of nitrogens with zero attached hydrogens (tertiary/aromatic N) is 1. The van der Waals surface area contributed by atoms with Crippen LogP contribution < -0.4 is 20.1 Å². The van der Waals surface area contributed by atoms with Gasteiger partial charge in [-0.2, -0.15) is 0 Å². The van der Waals surface area contributed by atoms with Crippen molar-refractivity contribution in [1.82, 2.24) is 10.6 Å². The highest BCUT2D eigenvalue weighted by molar-refractivity contribution is 14.0. The van der Waals surface area contributed by atoms with Gasteiger partial charge in [0.1, 0.15) is 17.1 Å². The minimum atomic E-state index is -0.411. The van der Waals surface area contributed by atoms with Crippen LogP contribution in [0.5, 0.6) is 11.5 Å². The molecule has 1 aliphatic heterocycles. The van der Waals surface area contributed by atoms with Crippen LogP contribution in [0.15, 0.2) is 33.7 Å². The fourth-order valence-electron chi connectivity index (χ4n) is 2.67. The van der Waals surface area contributed by atoms with Crippen LogP contribution >= 0.6 is 24.0 Å². The Kier molecular flexibility index (Phi) is 7.97. The van der Waals surface area contributed by atoms with Gasteiger partial charge in [0.25, 0.3) is 0 Å². The molecule has 0 spiro atoms. The van der Waals surface area contributed by atoms with Crippen LogP contribution in [0.2, 0.25) is 0 Å². The molecule has 28 heavy (non-hydrogen) atoms. The van der Waals surface area contributed by atoms with Crippen molar-refractivity contribution < 1.29 is 23.4 Å². The molecule has 2 heterocycles. The molecule has 8 nitrogen and oxygen atoms in total. The summed E-state index contributed by atoms with van der Waals surface area (Å²) in [5, 5.41) is 6.37. The van der Waals surface area contributed by atoms with Gasteiger partial charge in [-0.05, 0) is 37.6 Å². The quantitative estimate of drug-likeness (QED) is 0.272. The fraction of sp³-hybridized carbons (Fsp3) is 0.368. The molecule has 0 saturated heterocycles. The van der Waals surface area contributed by atoms with Gasteiger partial charge in [-0.15, -0.1) is 24.0 Å². The van der Waals surface area contributed by atoms with E-state index in [1.54, 1.807) is 13.0 Å². The van der Waals surface area contributed by atoms with Gasteiger partial charge in [-0.25, -0.2) is 9.79 Å². The maximum absolute atomic E-state index is 11.7. The lowest BCUT2D eigenvalue weighted by Gasteiger charge is -2.10. The highest BCUT2D eigenvalue weighted by Crippen LogP contribution is 2.32. The molecular formula is C19H24IN3O5. The summed E-state index contributed by atoms with van der Waals surface area (Å²) < 4.78 is 21.0. The third-order valence-corrected chi connectivity index (χ3v) is 4.01. The van der Waals surface area contributed by atoms with Crippen molar-refractivity contribution >= 4 is 35.9 Å². The molecule has 1 aliphatic rings. The van der Waals surface area contributed by atoms with Crippen LogP contribution in [0.3, 0.4) is 0 Å². The molecule has 0 fully saturated rings. The van der Waals surface area contributed by atoms with E-state index in [0.29, 0.717) is 36.1 Å². The van der Waals surface area contributed by atoms with Gasteiger partial charge < -0.3 is 29.3 Å². The second-order valence-corrected chi connectivity index (χ2v) is 5.91. The van der Waals surface area contributed by atoms with Crippen LogP contribution in [-0.4, -0.2) is 32.4 Å². The lowest BCUT2D eigenvalue weighted by molar-refractivity contribution is 0.0599. The number of hydrogen-bond acceptors (Lipinski definition) is 6. The summed E-state index contributed by atoms with van der Waals surface area (Å²) >= 11 is 0. The Morgan fingerprint density at radius 2 is 2.00 bits per heavy atom. The number of rotatable bonds is 6. The number of aryl methyl sites for hydroxylation is 1. The topological polar surface area (TPSA) is 94.3 Å².